The summed E-state index contributed by atoms with van der Waals surface area (Å²) < 4.78 is 3.18. The Morgan fingerprint density at radius 2 is 2.00 bits per heavy atom. The average molecular weight is 362 g/mol. The first kappa shape index (κ1) is 12.2. The van der Waals surface area contributed by atoms with Gasteiger partial charge in [-0.3, -0.25) is 9.55 Å². The maximum Gasteiger partial charge on any atom is 0.0997 e. The van der Waals surface area contributed by atoms with E-state index < -0.39 is 0 Å². The third-order valence-electron chi connectivity index (χ3n) is 2.86. The first-order valence-corrected chi connectivity index (χ1v) is 6.82. The number of aromatic nitrogens is 3. The van der Waals surface area contributed by atoms with Crippen molar-refractivity contribution < 1.29 is 0 Å². The Morgan fingerprint density at radius 3 is 2.79 bits per heavy atom. The Morgan fingerprint density at radius 1 is 1.11 bits per heavy atom. The molecule has 0 radical (unpaired) electrons. The summed E-state index contributed by atoms with van der Waals surface area (Å²) in [5.41, 5.74) is 9.59. The minimum Gasteiger partial charge on any atom is -0.398 e. The van der Waals surface area contributed by atoms with Crippen LogP contribution in [0.5, 0.6) is 0 Å². The maximum absolute atomic E-state index is 6.01. The molecule has 4 nitrogen and oxygen atoms in total. The van der Waals surface area contributed by atoms with E-state index in [4.69, 9.17) is 5.73 Å². The number of nitrogens with zero attached hydrogens (tertiary/aromatic N) is 3. The second-order valence-corrected chi connectivity index (χ2v) is 5.34. The van der Waals surface area contributed by atoms with Crippen LogP contribution in [0.3, 0.4) is 0 Å². The molecule has 2 heterocycles. The SMILES string of the molecule is Nc1ccncc1-c1cncn1-c1cccc(I)c1. The van der Waals surface area contributed by atoms with Gasteiger partial charge in [0.2, 0.25) is 0 Å². The molecule has 3 aromatic rings. The van der Waals surface area contributed by atoms with E-state index in [2.05, 4.69) is 44.7 Å². The van der Waals surface area contributed by atoms with E-state index in [1.165, 1.54) is 3.57 Å². The summed E-state index contributed by atoms with van der Waals surface area (Å²) in [7, 11) is 0. The third-order valence-corrected chi connectivity index (χ3v) is 3.53. The largest absolute Gasteiger partial charge is 0.398 e. The zero-order chi connectivity index (χ0) is 13.2. The predicted octanol–water partition coefficient (Wildman–Crippen LogP) is 3.12. The normalized spacial score (nSPS) is 10.6. The molecular formula is C14H11IN4. The van der Waals surface area contributed by atoms with Gasteiger partial charge in [0, 0.05) is 32.9 Å². The highest BCUT2D eigenvalue weighted by atomic mass is 127. The maximum atomic E-state index is 6.01. The van der Waals surface area contributed by atoms with Crippen LogP contribution in [0.25, 0.3) is 16.9 Å². The minimum atomic E-state index is 0.697. The number of hydrogen-bond acceptors (Lipinski definition) is 3. The van der Waals surface area contributed by atoms with E-state index in [9.17, 15) is 0 Å². The lowest BCUT2D eigenvalue weighted by Gasteiger charge is -2.10. The summed E-state index contributed by atoms with van der Waals surface area (Å²) in [6, 6.07) is 10.0. The van der Waals surface area contributed by atoms with Crippen molar-refractivity contribution in [1.29, 1.82) is 0 Å². The summed E-state index contributed by atoms with van der Waals surface area (Å²) in [6.45, 7) is 0. The second-order valence-electron chi connectivity index (χ2n) is 4.09. The van der Waals surface area contributed by atoms with E-state index in [1.807, 2.05) is 16.7 Å². The van der Waals surface area contributed by atoms with E-state index >= 15 is 0 Å². The number of nitrogens with two attached hydrogens (primary N) is 1. The molecule has 0 spiro atoms. The topological polar surface area (TPSA) is 56.7 Å². The smallest absolute Gasteiger partial charge is 0.0997 e. The number of benzene rings is 1. The van der Waals surface area contributed by atoms with Gasteiger partial charge in [-0.25, -0.2) is 4.98 Å². The van der Waals surface area contributed by atoms with E-state index in [1.54, 1.807) is 31.0 Å². The number of imidazole rings is 1. The Bertz CT molecular complexity index is 721. The fourth-order valence-electron chi connectivity index (χ4n) is 1.95. The van der Waals surface area contributed by atoms with Crippen LogP contribution in [-0.2, 0) is 0 Å². The van der Waals surface area contributed by atoms with E-state index in [-0.39, 0.29) is 0 Å². The molecule has 0 aliphatic rings. The van der Waals surface area contributed by atoms with Crippen LogP contribution < -0.4 is 5.73 Å². The van der Waals surface area contributed by atoms with Crippen LogP contribution in [0.15, 0.2) is 55.2 Å². The molecule has 0 aliphatic heterocycles. The molecular weight excluding hydrogens is 351 g/mol. The van der Waals surface area contributed by atoms with Crippen LogP contribution in [0.1, 0.15) is 0 Å². The zero-order valence-corrected chi connectivity index (χ0v) is 12.2. The van der Waals surface area contributed by atoms with Crippen molar-refractivity contribution in [2.75, 3.05) is 5.73 Å². The van der Waals surface area contributed by atoms with Gasteiger partial charge in [0.1, 0.15) is 0 Å². The lowest BCUT2D eigenvalue weighted by Crippen LogP contribution is -1.98. The van der Waals surface area contributed by atoms with Gasteiger partial charge in [0.25, 0.3) is 0 Å². The Balaban J connectivity index is 2.16. The molecule has 0 saturated heterocycles. The molecule has 2 N–H and O–H groups in total. The summed E-state index contributed by atoms with van der Waals surface area (Å²) in [4.78, 5) is 8.35. The van der Waals surface area contributed by atoms with Crippen LogP contribution >= 0.6 is 22.6 Å². The summed E-state index contributed by atoms with van der Waals surface area (Å²) in [5, 5.41) is 0. The number of anilines is 1. The van der Waals surface area contributed by atoms with Gasteiger partial charge in [-0.05, 0) is 46.9 Å². The molecule has 0 atom stereocenters. The summed E-state index contributed by atoms with van der Waals surface area (Å²) in [5.74, 6) is 0. The van der Waals surface area contributed by atoms with Gasteiger partial charge in [0.05, 0.1) is 18.2 Å². The van der Waals surface area contributed by atoms with Gasteiger partial charge in [0.15, 0.2) is 0 Å². The third kappa shape index (κ3) is 2.33. The van der Waals surface area contributed by atoms with E-state index in [0.717, 1.165) is 16.9 Å². The summed E-state index contributed by atoms with van der Waals surface area (Å²) >= 11 is 2.29. The number of hydrogen-bond donors (Lipinski definition) is 1. The lowest BCUT2D eigenvalue weighted by atomic mass is 10.2. The highest BCUT2D eigenvalue weighted by Crippen LogP contribution is 2.27. The van der Waals surface area contributed by atoms with Crippen LogP contribution in [0.4, 0.5) is 5.69 Å². The van der Waals surface area contributed by atoms with Crippen LogP contribution in [0.2, 0.25) is 0 Å². The van der Waals surface area contributed by atoms with Crippen molar-refractivity contribution in [1.82, 2.24) is 14.5 Å². The van der Waals surface area contributed by atoms with Crippen molar-refractivity contribution >= 4 is 28.3 Å². The fraction of sp³-hybridized carbons (Fsp3) is 0. The predicted molar refractivity (Wildman–Crippen MR) is 83.9 cm³/mol. The molecule has 0 unspecified atom stereocenters. The van der Waals surface area contributed by atoms with Gasteiger partial charge >= 0.3 is 0 Å². The van der Waals surface area contributed by atoms with Gasteiger partial charge in [-0.15, -0.1) is 0 Å². The number of halogens is 1. The zero-order valence-electron chi connectivity index (χ0n) is 9.99. The van der Waals surface area contributed by atoms with Crippen molar-refractivity contribution in [3.05, 3.63) is 58.8 Å². The fourth-order valence-corrected chi connectivity index (χ4v) is 2.47. The molecule has 5 heteroatoms. The molecule has 1 aromatic carbocycles. The summed E-state index contributed by atoms with van der Waals surface area (Å²) in [6.07, 6.45) is 7.03. The number of nitrogen functional groups attached to an aromatic ring is 1. The molecule has 0 aliphatic carbocycles. The molecule has 0 amide bonds. The quantitative estimate of drug-likeness (QED) is 0.713. The minimum absolute atomic E-state index is 0.697. The molecule has 3 rings (SSSR count). The standard InChI is InChI=1S/C14H11IN4/c15-10-2-1-3-11(6-10)19-9-18-8-14(19)12-7-17-5-4-13(12)16/h1-9H,(H2,16,17). The monoisotopic (exact) mass is 362 g/mol. The first-order valence-electron chi connectivity index (χ1n) is 5.74. The molecule has 0 saturated carbocycles. The second kappa shape index (κ2) is 5.00. The Kier molecular flexibility index (Phi) is 3.20. The Hall–Kier alpha value is -1.89. The van der Waals surface area contributed by atoms with Crippen LogP contribution in [-0.4, -0.2) is 14.5 Å². The van der Waals surface area contributed by atoms with Gasteiger partial charge in [-0.1, -0.05) is 6.07 Å². The van der Waals surface area contributed by atoms with Crippen molar-refractivity contribution in [3.8, 4) is 16.9 Å². The molecule has 19 heavy (non-hydrogen) atoms. The van der Waals surface area contributed by atoms with E-state index in [0.29, 0.717) is 5.69 Å². The molecule has 2 aromatic heterocycles. The first-order chi connectivity index (χ1) is 9.25. The average Bonchev–Trinajstić information content (AvgIpc) is 2.88. The molecule has 0 fully saturated rings. The molecule has 94 valence electrons. The van der Waals surface area contributed by atoms with Gasteiger partial charge < -0.3 is 5.73 Å². The van der Waals surface area contributed by atoms with Gasteiger partial charge in [-0.2, -0.15) is 0 Å². The lowest BCUT2D eigenvalue weighted by molar-refractivity contribution is 1.06. The van der Waals surface area contributed by atoms with Crippen molar-refractivity contribution in [2.45, 2.75) is 0 Å². The van der Waals surface area contributed by atoms with Crippen molar-refractivity contribution in [3.63, 3.8) is 0 Å². The van der Waals surface area contributed by atoms with Crippen LogP contribution in [0, 0.1) is 3.57 Å². The Labute approximate surface area is 124 Å². The number of rotatable bonds is 2. The number of pyridine rings is 1. The highest BCUT2D eigenvalue weighted by Gasteiger charge is 2.10. The highest BCUT2D eigenvalue weighted by molar-refractivity contribution is 14.1. The van der Waals surface area contributed by atoms with Crippen molar-refractivity contribution in [2.24, 2.45) is 0 Å². The molecule has 0 bridgehead atoms.